The van der Waals surface area contributed by atoms with E-state index in [9.17, 15) is 14.7 Å². The molecule has 0 aliphatic heterocycles. The van der Waals surface area contributed by atoms with Gasteiger partial charge in [-0.25, -0.2) is 0 Å². The van der Waals surface area contributed by atoms with Gasteiger partial charge in [-0.05, 0) is 56.8 Å². The molecule has 25 heavy (non-hydrogen) atoms. The van der Waals surface area contributed by atoms with Crippen molar-refractivity contribution >= 4 is 11.8 Å². The zero-order valence-corrected chi connectivity index (χ0v) is 16.4. The Hall–Kier alpha value is -1.16. The molecule has 2 fully saturated rings. The van der Waals surface area contributed by atoms with Crippen molar-refractivity contribution in [1.82, 2.24) is 0 Å². The smallest absolute Gasteiger partial charge is 0.305 e. The van der Waals surface area contributed by atoms with Gasteiger partial charge >= 0.3 is 5.97 Å². The fraction of sp³-hybridized carbons (Fsp3) is 0.810. The summed E-state index contributed by atoms with van der Waals surface area (Å²) < 4.78 is 4.80. The number of hydrogen-bond acceptors (Lipinski definition) is 4. The van der Waals surface area contributed by atoms with E-state index in [0.29, 0.717) is 24.7 Å². The molecule has 4 nitrogen and oxygen atoms in total. The van der Waals surface area contributed by atoms with E-state index < -0.39 is 6.10 Å². The largest absolute Gasteiger partial charge is 0.469 e. The lowest BCUT2D eigenvalue weighted by molar-refractivity contribution is -0.147. The van der Waals surface area contributed by atoms with Crippen LogP contribution < -0.4 is 0 Å². The predicted molar refractivity (Wildman–Crippen MR) is 97.9 cm³/mol. The van der Waals surface area contributed by atoms with Crippen molar-refractivity contribution in [2.45, 2.75) is 72.3 Å². The molecule has 0 heterocycles. The highest BCUT2D eigenvalue weighted by Gasteiger charge is 2.59. The first-order valence-corrected chi connectivity index (χ1v) is 9.61. The van der Waals surface area contributed by atoms with E-state index in [1.54, 1.807) is 0 Å². The number of esters is 1. The molecule has 0 aromatic rings. The first-order valence-electron chi connectivity index (χ1n) is 9.61. The molecule has 6 unspecified atom stereocenters. The van der Waals surface area contributed by atoms with Crippen molar-refractivity contribution in [1.29, 1.82) is 0 Å². The first-order chi connectivity index (χ1) is 11.7. The van der Waals surface area contributed by atoms with Gasteiger partial charge in [0.15, 0.2) is 0 Å². The Labute approximate surface area is 152 Å². The molecule has 0 radical (unpaired) electrons. The number of aliphatic hydroxyl groups excluding tert-OH is 1. The summed E-state index contributed by atoms with van der Waals surface area (Å²) in [5, 5.41) is 10.5. The fourth-order valence-electron chi connectivity index (χ4n) is 5.36. The molecule has 1 N–H and O–H groups in total. The van der Waals surface area contributed by atoms with E-state index in [4.69, 9.17) is 4.74 Å². The summed E-state index contributed by atoms with van der Waals surface area (Å²) in [5.41, 5.74) is 1.22. The summed E-state index contributed by atoms with van der Waals surface area (Å²) in [7, 11) is 1.36. The monoisotopic (exact) mass is 350 g/mol. The number of methoxy groups -OCH3 is 1. The average molecular weight is 350 g/mol. The molecule has 0 amide bonds. The Bertz CT molecular complexity index is 534. The van der Waals surface area contributed by atoms with Crippen LogP contribution in [0.2, 0.25) is 0 Å². The number of aliphatic hydroxyl groups is 1. The molecule has 0 aromatic heterocycles. The van der Waals surface area contributed by atoms with E-state index >= 15 is 0 Å². The Kier molecular flexibility index (Phi) is 6.47. The lowest BCUT2D eigenvalue weighted by Crippen LogP contribution is -2.47. The number of rotatable bonds is 6. The second-order valence-electron chi connectivity index (χ2n) is 8.65. The summed E-state index contributed by atoms with van der Waals surface area (Å²) in [6.45, 7) is 8.69. The third kappa shape index (κ3) is 4.16. The van der Waals surface area contributed by atoms with E-state index in [0.717, 1.165) is 19.3 Å². The van der Waals surface area contributed by atoms with Crippen LogP contribution in [0.5, 0.6) is 0 Å². The van der Waals surface area contributed by atoms with Gasteiger partial charge in [0, 0.05) is 18.3 Å². The van der Waals surface area contributed by atoms with Gasteiger partial charge in [-0.3, -0.25) is 9.59 Å². The summed E-state index contributed by atoms with van der Waals surface area (Å²) in [6.07, 6.45) is 6.06. The summed E-state index contributed by atoms with van der Waals surface area (Å²) >= 11 is 0. The molecule has 2 saturated carbocycles. The lowest BCUT2D eigenvalue weighted by atomic mass is 9.57. The molecule has 2 rings (SSSR count). The normalized spacial score (nSPS) is 35.8. The van der Waals surface area contributed by atoms with Crippen LogP contribution in [-0.4, -0.2) is 30.1 Å². The molecular formula is C21H34O4. The van der Waals surface area contributed by atoms with Gasteiger partial charge in [-0.15, -0.1) is 0 Å². The summed E-state index contributed by atoms with van der Waals surface area (Å²) in [6, 6.07) is 0. The number of hydrogen-bond donors (Lipinski definition) is 1. The second kappa shape index (κ2) is 8.03. The Morgan fingerprint density at radius 1 is 1.44 bits per heavy atom. The number of ketones is 1. The SMILES string of the molecule is COC(=O)CC1C(O)CCC2(C)C(C(C)CCC=C(C)C)CC(=O)C12. The van der Waals surface area contributed by atoms with Crippen LogP contribution in [0.1, 0.15) is 66.2 Å². The molecule has 0 aromatic carbocycles. The molecule has 0 spiro atoms. The molecule has 4 heteroatoms. The maximum Gasteiger partial charge on any atom is 0.305 e. The van der Waals surface area contributed by atoms with Gasteiger partial charge in [0.05, 0.1) is 19.6 Å². The number of allylic oxidation sites excluding steroid dienone is 2. The van der Waals surface area contributed by atoms with Crippen molar-refractivity contribution in [3.05, 3.63) is 11.6 Å². The van der Waals surface area contributed by atoms with Crippen molar-refractivity contribution in [2.75, 3.05) is 7.11 Å². The number of carbonyl (C=O) groups excluding carboxylic acids is 2. The van der Waals surface area contributed by atoms with Crippen LogP contribution in [0.4, 0.5) is 0 Å². The van der Waals surface area contributed by atoms with Gasteiger partial charge in [0.25, 0.3) is 0 Å². The topological polar surface area (TPSA) is 63.6 Å². The quantitative estimate of drug-likeness (QED) is 0.582. The van der Waals surface area contributed by atoms with Gasteiger partial charge in [0.2, 0.25) is 0 Å². The van der Waals surface area contributed by atoms with E-state index in [-0.39, 0.29) is 35.4 Å². The van der Waals surface area contributed by atoms with Crippen LogP contribution in [0.25, 0.3) is 0 Å². The highest BCUT2D eigenvalue weighted by Crippen LogP contribution is 2.59. The van der Waals surface area contributed by atoms with Crippen LogP contribution in [0.15, 0.2) is 11.6 Å². The van der Waals surface area contributed by atoms with Crippen LogP contribution in [0, 0.1) is 29.1 Å². The Morgan fingerprint density at radius 2 is 2.12 bits per heavy atom. The highest BCUT2D eigenvalue weighted by molar-refractivity contribution is 5.86. The van der Waals surface area contributed by atoms with Crippen molar-refractivity contribution in [2.24, 2.45) is 29.1 Å². The molecule has 0 saturated heterocycles. The number of fused-ring (bicyclic) bond motifs is 1. The van der Waals surface area contributed by atoms with Gasteiger partial charge in [0.1, 0.15) is 5.78 Å². The number of ether oxygens (including phenoxy) is 1. The maximum atomic E-state index is 12.9. The van der Waals surface area contributed by atoms with Crippen molar-refractivity contribution in [3.63, 3.8) is 0 Å². The minimum absolute atomic E-state index is 0.112. The molecule has 142 valence electrons. The zero-order valence-electron chi connectivity index (χ0n) is 16.4. The van der Waals surface area contributed by atoms with Crippen molar-refractivity contribution in [3.8, 4) is 0 Å². The molecule has 2 aliphatic carbocycles. The third-order valence-electron chi connectivity index (χ3n) is 6.72. The van der Waals surface area contributed by atoms with Crippen LogP contribution in [0.3, 0.4) is 0 Å². The van der Waals surface area contributed by atoms with Gasteiger partial charge in [-0.1, -0.05) is 25.5 Å². The summed E-state index contributed by atoms with van der Waals surface area (Å²) in [5.74, 6) is 0.182. The Morgan fingerprint density at radius 3 is 2.72 bits per heavy atom. The Balaban J connectivity index is 2.18. The number of carbonyl (C=O) groups is 2. The van der Waals surface area contributed by atoms with E-state index in [2.05, 4.69) is 33.8 Å². The van der Waals surface area contributed by atoms with Crippen molar-refractivity contribution < 1.29 is 19.4 Å². The minimum atomic E-state index is -0.583. The third-order valence-corrected chi connectivity index (χ3v) is 6.72. The highest BCUT2D eigenvalue weighted by atomic mass is 16.5. The lowest BCUT2D eigenvalue weighted by Gasteiger charge is -2.47. The van der Waals surface area contributed by atoms with E-state index in [1.165, 1.54) is 12.7 Å². The fourth-order valence-corrected chi connectivity index (χ4v) is 5.36. The average Bonchev–Trinajstić information content (AvgIpc) is 2.81. The van der Waals surface area contributed by atoms with Crippen LogP contribution >= 0.6 is 0 Å². The minimum Gasteiger partial charge on any atom is -0.469 e. The molecule has 0 bridgehead atoms. The predicted octanol–water partition coefficient (Wildman–Crippen LogP) is 3.91. The summed E-state index contributed by atoms with van der Waals surface area (Å²) in [4.78, 5) is 24.7. The molecule has 2 aliphatic rings. The molecular weight excluding hydrogens is 316 g/mol. The first kappa shape index (κ1) is 20.2. The zero-order chi connectivity index (χ0) is 18.8. The number of Topliss-reactive ketones (excluding diaryl/α,β-unsaturated/α-hetero) is 1. The maximum absolute atomic E-state index is 12.9. The molecule has 6 atom stereocenters. The standard InChI is InChI=1S/C21H34O4/c1-13(2)7-6-8-14(3)16-12-18(23)20-15(11-19(24)25-5)17(22)9-10-21(16,20)4/h7,14-17,20,22H,6,8-12H2,1-5H3. The van der Waals surface area contributed by atoms with Gasteiger partial charge in [-0.2, -0.15) is 0 Å². The van der Waals surface area contributed by atoms with Gasteiger partial charge < -0.3 is 9.84 Å². The van der Waals surface area contributed by atoms with Crippen LogP contribution in [-0.2, 0) is 14.3 Å². The van der Waals surface area contributed by atoms with E-state index in [1.807, 2.05) is 0 Å². The second-order valence-corrected chi connectivity index (χ2v) is 8.65.